The summed E-state index contributed by atoms with van der Waals surface area (Å²) in [6.07, 6.45) is 1.86. The fraction of sp³-hybridized carbons (Fsp3) is 0.0476. The Balaban J connectivity index is 2.02. The highest BCUT2D eigenvalue weighted by atomic mass is 16.2. The second-order valence-corrected chi connectivity index (χ2v) is 5.55. The van der Waals surface area contributed by atoms with Crippen molar-refractivity contribution in [1.29, 1.82) is 0 Å². The molecule has 118 valence electrons. The van der Waals surface area contributed by atoms with Gasteiger partial charge in [0, 0.05) is 23.3 Å². The first-order chi connectivity index (χ1) is 11.8. The van der Waals surface area contributed by atoms with Gasteiger partial charge in [-0.05, 0) is 12.1 Å². The van der Waals surface area contributed by atoms with Gasteiger partial charge in [0.05, 0.1) is 0 Å². The molecule has 0 aromatic heterocycles. The van der Waals surface area contributed by atoms with E-state index in [4.69, 9.17) is 0 Å². The van der Waals surface area contributed by atoms with Crippen molar-refractivity contribution in [2.24, 2.45) is 0 Å². The van der Waals surface area contributed by atoms with Gasteiger partial charge in [-0.1, -0.05) is 66.7 Å². The normalized spacial score (nSPS) is 12.6. The van der Waals surface area contributed by atoms with Crippen molar-refractivity contribution in [3.63, 3.8) is 0 Å². The number of quaternary nitrogens is 1. The highest BCUT2D eigenvalue weighted by molar-refractivity contribution is 5.85. The highest BCUT2D eigenvalue weighted by Crippen LogP contribution is 2.17. The Kier molecular flexibility index (Phi) is 4.94. The molecule has 24 heavy (non-hydrogen) atoms. The summed E-state index contributed by atoms with van der Waals surface area (Å²) in [5.74, 6) is -0.0590. The Morgan fingerprint density at radius 2 is 1.29 bits per heavy atom. The molecule has 3 heteroatoms. The number of carbonyl (C=O) groups is 1. The molecule has 3 nitrogen and oxygen atoms in total. The number of hydrogen-bond acceptors (Lipinski definition) is 1. The van der Waals surface area contributed by atoms with Crippen molar-refractivity contribution in [1.82, 2.24) is 0 Å². The molecular formula is C21H20N2O+2. The number of rotatable bonds is 4. The second kappa shape index (κ2) is 7.49. The fourth-order valence-electron chi connectivity index (χ4n) is 2.54. The van der Waals surface area contributed by atoms with Crippen molar-refractivity contribution in [2.75, 3.05) is 0 Å². The van der Waals surface area contributed by atoms with Gasteiger partial charge in [0.15, 0.2) is 6.21 Å². The lowest BCUT2D eigenvalue weighted by Crippen LogP contribution is -2.59. The van der Waals surface area contributed by atoms with Gasteiger partial charge in [-0.25, -0.2) is 4.79 Å². The van der Waals surface area contributed by atoms with Crippen LogP contribution in [0.25, 0.3) is 0 Å². The molecule has 0 spiro atoms. The van der Waals surface area contributed by atoms with E-state index >= 15 is 0 Å². The average Bonchev–Trinajstić information content (AvgIpc) is 2.67. The van der Waals surface area contributed by atoms with Gasteiger partial charge < -0.3 is 5.73 Å². The van der Waals surface area contributed by atoms with Crippen molar-refractivity contribution in [2.45, 2.75) is 6.04 Å². The minimum absolute atomic E-state index is 0.0590. The predicted octanol–water partition coefficient (Wildman–Crippen LogP) is 2.96. The van der Waals surface area contributed by atoms with Crippen LogP contribution in [0.15, 0.2) is 91.0 Å². The van der Waals surface area contributed by atoms with Crippen LogP contribution >= 0.6 is 0 Å². The summed E-state index contributed by atoms with van der Waals surface area (Å²) in [5.41, 5.74) is 6.79. The van der Waals surface area contributed by atoms with E-state index in [1.54, 1.807) is 4.58 Å². The third-order valence-corrected chi connectivity index (χ3v) is 3.85. The molecule has 0 aliphatic rings. The zero-order valence-corrected chi connectivity index (χ0v) is 13.4. The molecule has 0 saturated heterocycles. The SMILES string of the molecule is [NH3+][C@@H](C(=O)[N+](=Cc1ccccc1)c1ccccc1)c1ccccc1. The van der Waals surface area contributed by atoms with Crippen LogP contribution in [-0.4, -0.2) is 16.7 Å². The monoisotopic (exact) mass is 316 g/mol. The lowest BCUT2D eigenvalue weighted by atomic mass is 10.1. The quantitative estimate of drug-likeness (QED) is 0.584. The molecule has 3 rings (SSSR count). The van der Waals surface area contributed by atoms with Crippen LogP contribution in [0.1, 0.15) is 17.2 Å². The van der Waals surface area contributed by atoms with Crippen molar-refractivity contribution < 1.29 is 15.1 Å². The molecule has 1 atom stereocenters. The van der Waals surface area contributed by atoms with Crippen LogP contribution in [0.4, 0.5) is 5.69 Å². The summed E-state index contributed by atoms with van der Waals surface area (Å²) < 4.78 is 1.68. The van der Waals surface area contributed by atoms with Crippen LogP contribution in [0, 0.1) is 0 Å². The van der Waals surface area contributed by atoms with E-state index in [-0.39, 0.29) is 5.91 Å². The topological polar surface area (TPSA) is 47.7 Å². The second-order valence-electron chi connectivity index (χ2n) is 5.55. The molecule has 3 N–H and O–H groups in total. The molecule has 0 heterocycles. The van der Waals surface area contributed by atoms with Gasteiger partial charge in [-0.3, -0.25) is 0 Å². The Hall–Kier alpha value is -3.04. The lowest BCUT2D eigenvalue weighted by Gasteiger charge is -2.06. The average molecular weight is 316 g/mol. The molecule has 0 fully saturated rings. The van der Waals surface area contributed by atoms with Crippen molar-refractivity contribution in [3.8, 4) is 0 Å². The van der Waals surface area contributed by atoms with Crippen LogP contribution in [0.3, 0.4) is 0 Å². The lowest BCUT2D eigenvalue weighted by molar-refractivity contribution is -0.457. The molecule has 0 radical (unpaired) electrons. The number of hydrogen-bond donors (Lipinski definition) is 1. The first-order valence-electron chi connectivity index (χ1n) is 7.92. The Bertz CT molecular complexity index is 827. The summed E-state index contributed by atoms with van der Waals surface area (Å²) in [6.45, 7) is 0. The minimum Gasteiger partial charge on any atom is -0.339 e. The maximum Gasteiger partial charge on any atom is 0.455 e. The van der Waals surface area contributed by atoms with Crippen molar-refractivity contribution in [3.05, 3.63) is 102 Å². The molecular weight excluding hydrogens is 296 g/mol. The van der Waals surface area contributed by atoms with Gasteiger partial charge in [0.2, 0.25) is 11.7 Å². The molecule has 3 aromatic rings. The Morgan fingerprint density at radius 3 is 1.88 bits per heavy atom. The zero-order valence-electron chi connectivity index (χ0n) is 13.4. The van der Waals surface area contributed by atoms with Crippen molar-refractivity contribution >= 4 is 17.8 Å². The van der Waals surface area contributed by atoms with Crippen LogP contribution < -0.4 is 5.73 Å². The van der Waals surface area contributed by atoms with Gasteiger partial charge in [-0.2, -0.15) is 0 Å². The Labute approximate surface area is 141 Å². The van der Waals surface area contributed by atoms with E-state index < -0.39 is 6.04 Å². The molecule has 3 aromatic carbocycles. The number of para-hydroxylation sites is 1. The summed E-state index contributed by atoms with van der Waals surface area (Å²) in [5, 5.41) is 0. The molecule has 0 bridgehead atoms. The van der Waals surface area contributed by atoms with E-state index in [0.29, 0.717) is 0 Å². The highest BCUT2D eigenvalue weighted by Gasteiger charge is 2.32. The third-order valence-electron chi connectivity index (χ3n) is 3.85. The summed E-state index contributed by atoms with van der Waals surface area (Å²) in [7, 11) is 0. The van der Waals surface area contributed by atoms with E-state index in [1.807, 2.05) is 97.2 Å². The molecule has 0 aliphatic heterocycles. The largest absolute Gasteiger partial charge is 0.455 e. The molecule has 0 aliphatic carbocycles. The van der Waals surface area contributed by atoms with Crippen LogP contribution in [-0.2, 0) is 4.79 Å². The number of amides is 1. The summed E-state index contributed by atoms with van der Waals surface area (Å²) in [6, 6.07) is 28.6. The maximum absolute atomic E-state index is 13.1. The van der Waals surface area contributed by atoms with E-state index in [9.17, 15) is 4.79 Å². The van der Waals surface area contributed by atoms with Crippen LogP contribution in [0.2, 0.25) is 0 Å². The molecule has 0 unspecified atom stereocenters. The van der Waals surface area contributed by atoms with Gasteiger partial charge >= 0.3 is 5.91 Å². The first-order valence-corrected chi connectivity index (χ1v) is 7.92. The Morgan fingerprint density at radius 1 is 0.792 bits per heavy atom. The smallest absolute Gasteiger partial charge is 0.339 e. The summed E-state index contributed by atoms with van der Waals surface area (Å²) >= 11 is 0. The van der Waals surface area contributed by atoms with E-state index in [1.165, 1.54) is 0 Å². The predicted molar refractivity (Wildman–Crippen MR) is 95.0 cm³/mol. The van der Waals surface area contributed by atoms with Gasteiger partial charge in [-0.15, -0.1) is 4.58 Å². The maximum atomic E-state index is 13.1. The zero-order chi connectivity index (χ0) is 16.8. The first kappa shape index (κ1) is 15.8. The number of nitrogens with zero attached hydrogens (tertiary/aromatic N) is 1. The van der Waals surface area contributed by atoms with E-state index in [2.05, 4.69) is 5.73 Å². The third kappa shape index (κ3) is 3.65. The van der Waals surface area contributed by atoms with E-state index in [0.717, 1.165) is 16.8 Å². The van der Waals surface area contributed by atoms with Gasteiger partial charge in [0.25, 0.3) is 0 Å². The number of carbonyl (C=O) groups excluding carboxylic acids is 1. The molecule has 1 amide bonds. The van der Waals surface area contributed by atoms with Gasteiger partial charge in [0.1, 0.15) is 0 Å². The standard InChI is InChI=1S/C21H19N2O/c22-20(18-12-6-2-7-13-18)21(24)23(19-14-8-3-9-15-19)16-17-10-4-1-5-11-17/h1-16,20H,22H2/q+1/p+1/t20-/m1/s1. The minimum atomic E-state index is -0.466. The summed E-state index contributed by atoms with van der Waals surface area (Å²) in [4.78, 5) is 13.1. The number of benzene rings is 3. The fourth-order valence-corrected chi connectivity index (χ4v) is 2.54. The van der Waals surface area contributed by atoms with Crippen LogP contribution in [0.5, 0.6) is 0 Å². The molecule has 0 saturated carbocycles.